The summed E-state index contributed by atoms with van der Waals surface area (Å²) in [4.78, 5) is 36.0. The number of nitrogens with zero attached hydrogens (tertiary/aromatic N) is 5. The van der Waals surface area contributed by atoms with Crippen molar-refractivity contribution < 1.29 is 9.59 Å². The van der Waals surface area contributed by atoms with Crippen LogP contribution in [0.25, 0.3) is 0 Å². The van der Waals surface area contributed by atoms with Gasteiger partial charge in [-0.25, -0.2) is 4.98 Å². The van der Waals surface area contributed by atoms with Crippen molar-refractivity contribution in [2.45, 2.75) is 63.3 Å². The zero-order valence-corrected chi connectivity index (χ0v) is 19.5. The van der Waals surface area contributed by atoms with E-state index in [0.717, 1.165) is 62.1 Å². The minimum Gasteiger partial charge on any atom is -0.352 e. The van der Waals surface area contributed by atoms with Gasteiger partial charge in [-0.2, -0.15) is 5.26 Å². The lowest BCUT2D eigenvalue weighted by atomic mass is 9.87. The van der Waals surface area contributed by atoms with E-state index >= 15 is 0 Å². The van der Waals surface area contributed by atoms with E-state index in [1.54, 1.807) is 0 Å². The first-order chi connectivity index (χ1) is 16.0. The Labute approximate surface area is 196 Å². The fraction of sp³-hybridized carbons (Fsp3) is 0.615. The lowest BCUT2D eigenvalue weighted by Crippen LogP contribution is -2.55. The SMILES string of the molecule is C=CC(=O)N1CCCC(c2cc(C#N)c(N3CCN(C(=O)C4CC4)[C@H](C)C3)nc2C2CC2)C1. The molecule has 4 fully saturated rings. The number of carbonyl (C=O) groups excluding carboxylic acids is 2. The Balaban J connectivity index is 1.41. The zero-order valence-electron chi connectivity index (χ0n) is 19.5. The second-order valence-corrected chi connectivity index (χ2v) is 10.1. The van der Waals surface area contributed by atoms with Gasteiger partial charge in [-0.1, -0.05) is 6.58 Å². The van der Waals surface area contributed by atoms with Gasteiger partial charge >= 0.3 is 0 Å². The molecule has 1 aromatic heterocycles. The Kier molecular flexibility index (Phi) is 5.86. The molecule has 2 atom stereocenters. The van der Waals surface area contributed by atoms with Gasteiger partial charge in [0.15, 0.2) is 0 Å². The Morgan fingerprint density at radius 3 is 2.55 bits per heavy atom. The number of hydrogen-bond donors (Lipinski definition) is 0. The molecule has 2 saturated carbocycles. The van der Waals surface area contributed by atoms with Crippen LogP contribution in [-0.2, 0) is 9.59 Å². The molecule has 0 N–H and O–H groups in total. The van der Waals surface area contributed by atoms with Gasteiger partial charge in [0.05, 0.1) is 5.56 Å². The van der Waals surface area contributed by atoms with Crippen LogP contribution in [-0.4, -0.2) is 65.4 Å². The highest BCUT2D eigenvalue weighted by molar-refractivity contribution is 5.87. The fourth-order valence-electron chi connectivity index (χ4n) is 5.47. The lowest BCUT2D eigenvalue weighted by Gasteiger charge is -2.41. The van der Waals surface area contributed by atoms with E-state index in [1.807, 2.05) is 9.80 Å². The molecule has 2 aliphatic carbocycles. The number of rotatable bonds is 5. The second kappa shape index (κ2) is 8.81. The van der Waals surface area contributed by atoms with Crippen molar-refractivity contribution in [1.29, 1.82) is 5.26 Å². The number of nitriles is 1. The summed E-state index contributed by atoms with van der Waals surface area (Å²) < 4.78 is 0. The first-order valence-electron chi connectivity index (χ1n) is 12.4. The van der Waals surface area contributed by atoms with Crippen molar-refractivity contribution in [3.05, 3.63) is 35.5 Å². The third-order valence-electron chi connectivity index (χ3n) is 7.63. The zero-order chi connectivity index (χ0) is 23.1. The predicted octanol–water partition coefficient (Wildman–Crippen LogP) is 3.17. The van der Waals surface area contributed by atoms with Gasteiger partial charge in [0.1, 0.15) is 11.9 Å². The van der Waals surface area contributed by atoms with E-state index < -0.39 is 0 Å². The van der Waals surface area contributed by atoms with Crippen LogP contribution in [0.1, 0.15) is 74.1 Å². The van der Waals surface area contributed by atoms with Gasteiger partial charge in [-0.3, -0.25) is 9.59 Å². The van der Waals surface area contributed by atoms with Gasteiger partial charge < -0.3 is 14.7 Å². The van der Waals surface area contributed by atoms with Gasteiger partial charge in [0.25, 0.3) is 0 Å². The standard InChI is InChI=1S/C26H33N5O2/c1-3-23(32)29-10-4-5-20(16-29)22-13-21(14-27)25(28-24(22)18-6-7-18)30-11-12-31(17(2)15-30)26(33)19-8-9-19/h3,13,17-20H,1,4-12,15-16H2,2H3/t17-,20?/m1/s1. The van der Waals surface area contributed by atoms with Crippen LogP contribution in [0.2, 0.25) is 0 Å². The van der Waals surface area contributed by atoms with Crippen LogP contribution < -0.4 is 4.90 Å². The number of amides is 2. The molecule has 0 spiro atoms. The van der Waals surface area contributed by atoms with Crippen LogP contribution in [0, 0.1) is 17.2 Å². The average molecular weight is 448 g/mol. The van der Waals surface area contributed by atoms with Crippen LogP contribution in [0.3, 0.4) is 0 Å². The van der Waals surface area contributed by atoms with Crippen LogP contribution >= 0.6 is 0 Å². The Morgan fingerprint density at radius 1 is 1.12 bits per heavy atom. The summed E-state index contributed by atoms with van der Waals surface area (Å²) in [5.74, 6) is 1.93. The largest absolute Gasteiger partial charge is 0.352 e. The monoisotopic (exact) mass is 447 g/mol. The number of pyridine rings is 1. The number of anilines is 1. The van der Waals surface area contributed by atoms with E-state index in [2.05, 4.69) is 30.5 Å². The molecule has 1 unspecified atom stereocenters. The van der Waals surface area contributed by atoms with Crippen molar-refractivity contribution in [3.8, 4) is 6.07 Å². The molecule has 3 heterocycles. The molecule has 4 aliphatic rings. The van der Waals surface area contributed by atoms with Crippen LogP contribution in [0.4, 0.5) is 5.82 Å². The molecular weight excluding hydrogens is 414 g/mol. The third kappa shape index (κ3) is 4.36. The second-order valence-electron chi connectivity index (χ2n) is 10.1. The number of likely N-dealkylation sites (tertiary alicyclic amines) is 1. The van der Waals surface area contributed by atoms with Crippen LogP contribution in [0.15, 0.2) is 18.7 Å². The molecule has 1 aromatic rings. The summed E-state index contributed by atoms with van der Waals surface area (Å²) in [6, 6.07) is 4.56. The molecule has 7 heteroatoms. The summed E-state index contributed by atoms with van der Waals surface area (Å²) in [6.45, 7) is 9.26. The molecule has 0 radical (unpaired) electrons. The number of piperidine rings is 1. The van der Waals surface area contributed by atoms with Crippen molar-refractivity contribution in [2.75, 3.05) is 37.6 Å². The van der Waals surface area contributed by atoms with E-state index in [9.17, 15) is 14.9 Å². The highest BCUT2D eigenvalue weighted by atomic mass is 16.2. The predicted molar refractivity (Wildman–Crippen MR) is 126 cm³/mol. The molecule has 2 aliphatic heterocycles. The molecule has 33 heavy (non-hydrogen) atoms. The molecule has 0 bridgehead atoms. The summed E-state index contributed by atoms with van der Waals surface area (Å²) in [7, 11) is 0. The summed E-state index contributed by atoms with van der Waals surface area (Å²) >= 11 is 0. The molecular formula is C26H33N5O2. The molecule has 7 nitrogen and oxygen atoms in total. The van der Waals surface area contributed by atoms with Gasteiger partial charge in [0, 0.05) is 62.2 Å². The van der Waals surface area contributed by atoms with E-state index in [1.165, 1.54) is 6.08 Å². The molecule has 2 saturated heterocycles. The van der Waals surface area contributed by atoms with Crippen molar-refractivity contribution in [1.82, 2.24) is 14.8 Å². The van der Waals surface area contributed by atoms with Crippen molar-refractivity contribution in [2.24, 2.45) is 5.92 Å². The Hall–Kier alpha value is -2.88. The lowest BCUT2D eigenvalue weighted by molar-refractivity contribution is -0.135. The van der Waals surface area contributed by atoms with Gasteiger partial charge in [-0.05, 0) is 63.2 Å². The van der Waals surface area contributed by atoms with Crippen LogP contribution in [0.5, 0.6) is 0 Å². The van der Waals surface area contributed by atoms with Gasteiger partial charge in [-0.15, -0.1) is 0 Å². The number of hydrogen-bond acceptors (Lipinski definition) is 5. The minimum atomic E-state index is -0.0228. The summed E-state index contributed by atoms with van der Waals surface area (Å²) in [5, 5.41) is 10.0. The molecule has 174 valence electrons. The maximum Gasteiger partial charge on any atom is 0.245 e. The fourth-order valence-corrected chi connectivity index (χ4v) is 5.47. The van der Waals surface area contributed by atoms with E-state index in [0.29, 0.717) is 43.6 Å². The third-order valence-corrected chi connectivity index (χ3v) is 7.63. The highest BCUT2D eigenvalue weighted by Gasteiger charge is 2.39. The molecule has 5 rings (SSSR count). The topological polar surface area (TPSA) is 80.5 Å². The first kappa shape index (κ1) is 21.9. The van der Waals surface area contributed by atoms with E-state index in [4.69, 9.17) is 4.98 Å². The normalized spacial score (nSPS) is 25.5. The maximum absolute atomic E-state index is 12.6. The van der Waals surface area contributed by atoms with E-state index in [-0.39, 0.29) is 23.8 Å². The minimum absolute atomic E-state index is 0.0228. The number of carbonyl (C=O) groups is 2. The maximum atomic E-state index is 12.6. The molecule has 0 aromatic carbocycles. The smallest absolute Gasteiger partial charge is 0.245 e. The average Bonchev–Trinajstić information content (AvgIpc) is 3.75. The van der Waals surface area contributed by atoms with Crippen molar-refractivity contribution in [3.63, 3.8) is 0 Å². The number of aromatic nitrogens is 1. The number of piperazine rings is 1. The molecule has 2 amide bonds. The first-order valence-corrected chi connectivity index (χ1v) is 12.4. The quantitative estimate of drug-likeness (QED) is 0.648. The van der Waals surface area contributed by atoms with Crippen molar-refractivity contribution >= 4 is 17.6 Å². The Morgan fingerprint density at radius 2 is 1.91 bits per heavy atom. The van der Waals surface area contributed by atoms with Gasteiger partial charge in [0.2, 0.25) is 11.8 Å². The highest BCUT2D eigenvalue weighted by Crippen LogP contribution is 2.45. The summed E-state index contributed by atoms with van der Waals surface area (Å²) in [5.41, 5.74) is 2.87. The summed E-state index contributed by atoms with van der Waals surface area (Å²) in [6.07, 6.45) is 7.66. The Bertz CT molecular complexity index is 1010.